The summed E-state index contributed by atoms with van der Waals surface area (Å²) in [6.45, 7) is 0. The molecular formula is C13H9N3O3. The Hall–Kier alpha value is -2.94. The lowest BCUT2D eigenvalue weighted by Gasteiger charge is -2.08. The minimum absolute atomic E-state index is 0.0117. The van der Waals surface area contributed by atoms with E-state index in [-0.39, 0.29) is 11.3 Å². The van der Waals surface area contributed by atoms with Crippen molar-refractivity contribution in [2.45, 2.75) is 0 Å². The molecule has 0 unspecified atom stereocenters. The van der Waals surface area contributed by atoms with Gasteiger partial charge in [-0.25, -0.2) is 0 Å². The van der Waals surface area contributed by atoms with Crippen molar-refractivity contribution in [3.8, 4) is 17.3 Å². The van der Waals surface area contributed by atoms with Gasteiger partial charge < -0.3 is 4.57 Å². The topological polar surface area (TPSA) is 88.9 Å². The summed E-state index contributed by atoms with van der Waals surface area (Å²) >= 11 is 0. The summed E-state index contributed by atoms with van der Waals surface area (Å²) in [4.78, 5) is 21.9. The Kier molecular flexibility index (Phi) is 3.12. The van der Waals surface area contributed by atoms with E-state index in [1.54, 1.807) is 25.2 Å². The number of rotatable bonds is 2. The predicted molar refractivity (Wildman–Crippen MR) is 68.5 cm³/mol. The van der Waals surface area contributed by atoms with Gasteiger partial charge in [-0.1, -0.05) is 0 Å². The van der Waals surface area contributed by atoms with Crippen molar-refractivity contribution in [1.29, 1.82) is 5.26 Å². The van der Waals surface area contributed by atoms with Crippen LogP contribution in [0.15, 0.2) is 41.2 Å². The lowest BCUT2D eigenvalue weighted by molar-refractivity contribution is -0.384. The quantitative estimate of drug-likeness (QED) is 0.604. The molecule has 1 heterocycles. The summed E-state index contributed by atoms with van der Waals surface area (Å²) in [7, 11) is 1.56. The first-order chi connectivity index (χ1) is 9.04. The summed E-state index contributed by atoms with van der Waals surface area (Å²) in [6.07, 6.45) is 0. The highest BCUT2D eigenvalue weighted by atomic mass is 16.6. The van der Waals surface area contributed by atoms with E-state index in [4.69, 9.17) is 5.26 Å². The van der Waals surface area contributed by atoms with Gasteiger partial charge in [0.1, 0.15) is 11.6 Å². The molecular weight excluding hydrogens is 246 g/mol. The number of benzene rings is 1. The molecule has 0 radical (unpaired) electrons. The van der Waals surface area contributed by atoms with Gasteiger partial charge in [-0.15, -0.1) is 0 Å². The molecule has 19 heavy (non-hydrogen) atoms. The van der Waals surface area contributed by atoms with Crippen LogP contribution in [-0.4, -0.2) is 9.49 Å². The average molecular weight is 255 g/mol. The minimum atomic E-state index is -0.485. The molecule has 0 amide bonds. The molecule has 94 valence electrons. The van der Waals surface area contributed by atoms with Crippen molar-refractivity contribution in [3.05, 3.63) is 62.4 Å². The van der Waals surface area contributed by atoms with Crippen LogP contribution >= 0.6 is 0 Å². The second-order valence-corrected chi connectivity index (χ2v) is 3.91. The van der Waals surface area contributed by atoms with Crippen molar-refractivity contribution in [3.63, 3.8) is 0 Å². The Morgan fingerprint density at radius 2 is 1.84 bits per heavy atom. The molecule has 0 aliphatic rings. The van der Waals surface area contributed by atoms with Gasteiger partial charge in [0.05, 0.1) is 10.6 Å². The van der Waals surface area contributed by atoms with Crippen LogP contribution in [0.1, 0.15) is 5.56 Å². The van der Waals surface area contributed by atoms with Gasteiger partial charge in [-0.3, -0.25) is 14.9 Å². The maximum absolute atomic E-state index is 11.8. The molecule has 0 bridgehead atoms. The number of nitrogens with zero attached hydrogens (tertiary/aromatic N) is 3. The van der Waals surface area contributed by atoms with Gasteiger partial charge in [0, 0.05) is 19.2 Å². The van der Waals surface area contributed by atoms with Gasteiger partial charge >= 0.3 is 0 Å². The summed E-state index contributed by atoms with van der Waals surface area (Å²) in [6, 6.07) is 10.8. The Morgan fingerprint density at radius 3 is 2.37 bits per heavy atom. The fraction of sp³-hybridized carbons (Fsp3) is 0.0769. The maximum atomic E-state index is 11.8. The van der Waals surface area contributed by atoms with Gasteiger partial charge in [-0.05, 0) is 29.8 Å². The van der Waals surface area contributed by atoms with E-state index in [1.807, 2.05) is 6.07 Å². The number of nitro benzene ring substituents is 1. The third-order valence-corrected chi connectivity index (χ3v) is 2.80. The van der Waals surface area contributed by atoms with Crippen LogP contribution in [0, 0.1) is 21.4 Å². The fourth-order valence-corrected chi connectivity index (χ4v) is 1.76. The molecule has 0 saturated carbocycles. The molecule has 6 heteroatoms. The van der Waals surface area contributed by atoms with E-state index < -0.39 is 10.5 Å². The van der Waals surface area contributed by atoms with E-state index in [0.717, 1.165) is 0 Å². The number of nitriles is 1. The van der Waals surface area contributed by atoms with Crippen molar-refractivity contribution < 1.29 is 4.92 Å². The molecule has 0 spiro atoms. The van der Waals surface area contributed by atoms with Gasteiger partial charge in [0.15, 0.2) is 0 Å². The minimum Gasteiger partial charge on any atom is -0.310 e. The SMILES string of the molecule is Cn1c(-c2ccc([N+](=O)[O-])cc2)ccc(C#N)c1=O. The monoisotopic (exact) mass is 255 g/mol. The molecule has 6 nitrogen and oxygen atoms in total. The molecule has 1 aromatic carbocycles. The Morgan fingerprint density at radius 1 is 1.21 bits per heavy atom. The zero-order valence-electron chi connectivity index (χ0n) is 10.0. The van der Waals surface area contributed by atoms with Crippen molar-refractivity contribution in [2.75, 3.05) is 0 Å². The van der Waals surface area contributed by atoms with Crippen molar-refractivity contribution in [1.82, 2.24) is 4.57 Å². The summed E-state index contributed by atoms with van der Waals surface area (Å²) < 4.78 is 1.35. The van der Waals surface area contributed by atoms with Gasteiger partial charge in [0.2, 0.25) is 0 Å². The van der Waals surface area contributed by atoms with Crippen LogP contribution in [0.25, 0.3) is 11.3 Å². The maximum Gasteiger partial charge on any atom is 0.269 e. The van der Waals surface area contributed by atoms with Crippen LogP contribution in [-0.2, 0) is 7.05 Å². The van der Waals surface area contributed by atoms with E-state index >= 15 is 0 Å². The number of pyridine rings is 1. The molecule has 0 saturated heterocycles. The Labute approximate surface area is 108 Å². The standard InChI is InChI=1S/C13H9N3O3/c1-15-12(7-4-10(8-14)13(15)17)9-2-5-11(6-3-9)16(18)19/h2-7H,1H3. The molecule has 0 atom stereocenters. The zero-order valence-corrected chi connectivity index (χ0v) is 10.0. The fourth-order valence-electron chi connectivity index (χ4n) is 1.76. The Bertz CT molecular complexity index is 739. The predicted octanol–water partition coefficient (Wildman–Crippen LogP) is 1.83. The Balaban J connectivity index is 2.54. The second-order valence-electron chi connectivity index (χ2n) is 3.91. The van der Waals surface area contributed by atoms with Gasteiger partial charge in [0.25, 0.3) is 11.2 Å². The van der Waals surface area contributed by atoms with Gasteiger partial charge in [-0.2, -0.15) is 5.26 Å². The first-order valence-electron chi connectivity index (χ1n) is 5.39. The first kappa shape index (κ1) is 12.5. The van der Waals surface area contributed by atoms with Crippen LogP contribution < -0.4 is 5.56 Å². The molecule has 1 aromatic heterocycles. The largest absolute Gasteiger partial charge is 0.310 e. The number of hydrogen-bond donors (Lipinski definition) is 0. The number of nitro groups is 1. The van der Waals surface area contributed by atoms with E-state index in [2.05, 4.69) is 0 Å². The molecule has 2 aromatic rings. The molecule has 0 aliphatic carbocycles. The summed E-state index contributed by atoms with van der Waals surface area (Å²) in [5.74, 6) is 0. The normalized spacial score (nSPS) is 9.89. The van der Waals surface area contributed by atoms with Crippen LogP contribution in [0.5, 0.6) is 0 Å². The van der Waals surface area contributed by atoms with Crippen LogP contribution in [0.2, 0.25) is 0 Å². The van der Waals surface area contributed by atoms with E-state index in [9.17, 15) is 14.9 Å². The lowest BCUT2D eigenvalue weighted by atomic mass is 10.1. The lowest BCUT2D eigenvalue weighted by Crippen LogP contribution is -2.20. The number of aromatic nitrogens is 1. The highest BCUT2D eigenvalue weighted by Crippen LogP contribution is 2.21. The zero-order chi connectivity index (χ0) is 14.0. The summed E-state index contributed by atoms with van der Waals surface area (Å²) in [5, 5.41) is 19.3. The third kappa shape index (κ3) is 2.21. The summed E-state index contributed by atoms with van der Waals surface area (Å²) in [5.41, 5.74) is 0.933. The van der Waals surface area contributed by atoms with Crippen molar-refractivity contribution >= 4 is 5.69 Å². The van der Waals surface area contributed by atoms with E-state index in [0.29, 0.717) is 11.3 Å². The van der Waals surface area contributed by atoms with Crippen LogP contribution in [0.3, 0.4) is 0 Å². The van der Waals surface area contributed by atoms with Crippen LogP contribution in [0.4, 0.5) is 5.69 Å². The molecule has 2 rings (SSSR count). The molecule has 0 N–H and O–H groups in total. The molecule has 0 fully saturated rings. The van der Waals surface area contributed by atoms with Crippen molar-refractivity contribution in [2.24, 2.45) is 7.05 Å². The highest BCUT2D eigenvalue weighted by molar-refractivity contribution is 5.62. The number of hydrogen-bond acceptors (Lipinski definition) is 4. The van der Waals surface area contributed by atoms with E-state index in [1.165, 1.54) is 22.8 Å². The highest BCUT2D eigenvalue weighted by Gasteiger charge is 2.09. The molecule has 0 aliphatic heterocycles. The first-order valence-corrected chi connectivity index (χ1v) is 5.39. The average Bonchev–Trinajstić information content (AvgIpc) is 2.42. The third-order valence-electron chi connectivity index (χ3n) is 2.80. The second kappa shape index (κ2) is 4.74. The number of non-ortho nitro benzene ring substituents is 1. The smallest absolute Gasteiger partial charge is 0.269 e.